The molecule has 0 spiro atoms. The minimum Gasteiger partial charge on any atom is -0.412 e. The minimum atomic E-state index is 0. The first-order chi connectivity index (χ1) is 16.0. The molecule has 0 aromatic carbocycles. The van der Waals surface area contributed by atoms with Gasteiger partial charge in [-0.1, -0.05) is 61.9 Å². The summed E-state index contributed by atoms with van der Waals surface area (Å²) in [6, 6.07) is 0.547. The molecular weight excluding hydrogens is 458 g/mol. The number of rotatable bonds is 8. The summed E-state index contributed by atoms with van der Waals surface area (Å²) in [7, 11) is 0. The zero-order chi connectivity index (χ0) is 23.2. The molecule has 198 valence electrons. The lowest BCUT2D eigenvalue weighted by Crippen LogP contribution is -2.48. The number of hydrogen-bond donors (Lipinski definition) is 2. The lowest BCUT2D eigenvalue weighted by Gasteiger charge is -2.38. The summed E-state index contributed by atoms with van der Waals surface area (Å²) in [6.45, 7) is 9.42. The van der Waals surface area contributed by atoms with Crippen molar-refractivity contribution in [3.8, 4) is 0 Å². The predicted molar refractivity (Wildman–Crippen MR) is 149 cm³/mol. The molecule has 4 rings (SSSR count). The third kappa shape index (κ3) is 8.61. The van der Waals surface area contributed by atoms with E-state index >= 15 is 0 Å². The molecule has 0 radical (unpaired) electrons. The van der Waals surface area contributed by atoms with Crippen LogP contribution in [0.1, 0.15) is 58.8 Å². The molecule has 4 atom stereocenters. The normalized spacial score (nSPS) is 28.5. The summed E-state index contributed by atoms with van der Waals surface area (Å²) in [5.74, 6) is 3.24. The molecule has 3 aliphatic carbocycles. The molecule has 1 aliphatic heterocycles. The van der Waals surface area contributed by atoms with Crippen LogP contribution in [0, 0.1) is 29.6 Å². The van der Waals surface area contributed by atoms with Crippen LogP contribution in [-0.4, -0.2) is 48.1 Å². The Hall–Kier alpha value is -1.37. The molecule has 0 aromatic rings. The molecule has 0 amide bonds. The Morgan fingerprint density at radius 1 is 1.09 bits per heavy atom. The van der Waals surface area contributed by atoms with Gasteiger partial charge in [-0.3, -0.25) is 0 Å². The second-order valence-electron chi connectivity index (χ2n) is 11.0. The first kappa shape index (κ1) is 29.9. The summed E-state index contributed by atoms with van der Waals surface area (Å²) in [5.41, 5.74) is 8.68. The molecule has 1 saturated heterocycles. The Bertz CT molecular complexity index is 809. The predicted octanol–water partition coefficient (Wildman–Crippen LogP) is 4.51. The molecule has 5 nitrogen and oxygen atoms in total. The quantitative estimate of drug-likeness (QED) is 0.507. The number of nitrogens with zero attached hydrogens (tertiary/aromatic N) is 1. The maximum Gasteiger partial charge on any atom is 0.0363 e. The van der Waals surface area contributed by atoms with Gasteiger partial charge in [-0.2, -0.15) is 0 Å². The van der Waals surface area contributed by atoms with E-state index in [2.05, 4.69) is 66.6 Å². The van der Waals surface area contributed by atoms with E-state index in [1.807, 2.05) is 0 Å². The van der Waals surface area contributed by atoms with E-state index in [1.54, 1.807) is 0 Å². The van der Waals surface area contributed by atoms with Crippen LogP contribution < -0.4 is 11.1 Å². The van der Waals surface area contributed by atoms with Gasteiger partial charge in [-0.15, -0.1) is 0 Å². The number of nitrogens with one attached hydrogen (secondary N) is 1. The van der Waals surface area contributed by atoms with Crippen molar-refractivity contribution in [3.05, 3.63) is 58.8 Å². The molecule has 0 saturated carbocycles. The monoisotopic (exact) mass is 505 g/mol. The van der Waals surface area contributed by atoms with Gasteiger partial charge in [0, 0.05) is 35.8 Å². The number of nitrogens with two attached hydrogens (primary N) is 1. The molecule has 7 N–H and O–H groups in total. The summed E-state index contributed by atoms with van der Waals surface area (Å²) < 4.78 is 0. The number of allylic oxidation sites excluding steroid dienone is 9. The van der Waals surface area contributed by atoms with Crippen LogP contribution in [0.5, 0.6) is 0 Å². The molecule has 0 bridgehead atoms. The largest absolute Gasteiger partial charge is 0.412 e. The van der Waals surface area contributed by atoms with Crippen molar-refractivity contribution in [2.75, 3.05) is 26.2 Å². The molecule has 0 aromatic heterocycles. The molecular formula is C29H48ClN3O2. The van der Waals surface area contributed by atoms with Crippen LogP contribution in [0.15, 0.2) is 58.8 Å². The highest BCUT2D eigenvalue weighted by Crippen LogP contribution is 2.33. The maximum atomic E-state index is 6.13. The standard InChI is InChI=1S/C29H44ClN3.2H2O/c1-21(2)29(20-33-15-13-24(14-16-33)23-9-11-27(30)12-10-23)32-19-22-5-3-6-25(17-22)26-7-4-8-28(31)18-26;;/h3,6,9,11-12,17-18,21-24,26,29,32H,4-5,7-8,10,13-16,19-20,31H2,1-2H3;2*1H2/t22?,23?,26?,29-;;/m0../s1. The van der Waals surface area contributed by atoms with Gasteiger partial charge >= 0.3 is 0 Å². The summed E-state index contributed by atoms with van der Waals surface area (Å²) in [5, 5.41) is 4.86. The van der Waals surface area contributed by atoms with Gasteiger partial charge in [-0.25, -0.2) is 0 Å². The molecule has 6 heteroatoms. The Balaban J connectivity index is 0.00000216. The van der Waals surface area contributed by atoms with Crippen LogP contribution in [0.4, 0.5) is 0 Å². The number of halogens is 1. The van der Waals surface area contributed by atoms with E-state index in [0.717, 1.165) is 49.0 Å². The molecule has 3 unspecified atom stereocenters. The Morgan fingerprint density at radius 2 is 1.86 bits per heavy atom. The van der Waals surface area contributed by atoms with Gasteiger partial charge in [-0.05, 0) is 93.4 Å². The van der Waals surface area contributed by atoms with Gasteiger partial charge in [0.1, 0.15) is 0 Å². The van der Waals surface area contributed by atoms with Crippen LogP contribution in [0.2, 0.25) is 0 Å². The van der Waals surface area contributed by atoms with E-state index in [0.29, 0.717) is 29.7 Å². The average molecular weight is 506 g/mol. The summed E-state index contributed by atoms with van der Waals surface area (Å²) >= 11 is 6.11. The Kier molecular flexibility index (Phi) is 12.3. The fourth-order valence-electron chi connectivity index (χ4n) is 5.99. The van der Waals surface area contributed by atoms with Crippen molar-refractivity contribution < 1.29 is 11.0 Å². The zero-order valence-electron chi connectivity index (χ0n) is 21.7. The third-order valence-electron chi connectivity index (χ3n) is 8.23. The van der Waals surface area contributed by atoms with Crippen molar-refractivity contribution in [1.29, 1.82) is 0 Å². The number of piperidine rings is 1. The van der Waals surface area contributed by atoms with Crippen molar-refractivity contribution in [2.45, 2.75) is 64.8 Å². The van der Waals surface area contributed by atoms with Crippen LogP contribution >= 0.6 is 11.6 Å². The van der Waals surface area contributed by atoms with E-state index in [1.165, 1.54) is 44.3 Å². The van der Waals surface area contributed by atoms with Crippen molar-refractivity contribution in [1.82, 2.24) is 10.2 Å². The van der Waals surface area contributed by atoms with Crippen LogP contribution in [0.3, 0.4) is 0 Å². The third-order valence-corrected chi connectivity index (χ3v) is 8.51. The highest BCUT2D eigenvalue weighted by molar-refractivity contribution is 6.31. The smallest absolute Gasteiger partial charge is 0.0363 e. The SMILES string of the molecule is CC(C)[C@H](CN1CCC(C2C=CC(Cl)=CC2)CC1)NCC1C=C(C2C=C(N)CCC2)C=CC1.O.O. The van der Waals surface area contributed by atoms with Crippen molar-refractivity contribution in [2.24, 2.45) is 35.3 Å². The van der Waals surface area contributed by atoms with E-state index in [-0.39, 0.29) is 11.0 Å². The Labute approximate surface area is 217 Å². The topological polar surface area (TPSA) is 104 Å². The highest BCUT2D eigenvalue weighted by Gasteiger charge is 2.28. The van der Waals surface area contributed by atoms with Gasteiger partial charge < -0.3 is 26.9 Å². The Morgan fingerprint density at radius 3 is 2.51 bits per heavy atom. The highest BCUT2D eigenvalue weighted by atomic mass is 35.5. The molecule has 1 fully saturated rings. The van der Waals surface area contributed by atoms with Crippen molar-refractivity contribution in [3.63, 3.8) is 0 Å². The van der Waals surface area contributed by atoms with Crippen LogP contribution in [0.25, 0.3) is 0 Å². The molecule has 1 heterocycles. The minimum absolute atomic E-state index is 0. The lowest BCUT2D eigenvalue weighted by molar-refractivity contribution is 0.138. The second-order valence-corrected chi connectivity index (χ2v) is 11.5. The number of hydrogen-bond acceptors (Lipinski definition) is 3. The summed E-state index contributed by atoms with van der Waals surface area (Å²) in [6.07, 6.45) is 24.6. The van der Waals surface area contributed by atoms with E-state index in [9.17, 15) is 0 Å². The van der Waals surface area contributed by atoms with Gasteiger partial charge in [0.25, 0.3) is 0 Å². The summed E-state index contributed by atoms with van der Waals surface area (Å²) in [4.78, 5) is 2.70. The van der Waals surface area contributed by atoms with E-state index in [4.69, 9.17) is 17.3 Å². The molecule has 4 aliphatic rings. The average Bonchev–Trinajstić information content (AvgIpc) is 2.83. The van der Waals surface area contributed by atoms with Crippen LogP contribution in [-0.2, 0) is 0 Å². The zero-order valence-corrected chi connectivity index (χ0v) is 22.4. The van der Waals surface area contributed by atoms with E-state index < -0.39 is 0 Å². The van der Waals surface area contributed by atoms with Gasteiger partial charge in [0.2, 0.25) is 0 Å². The second kappa shape index (κ2) is 14.4. The molecule has 35 heavy (non-hydrogen) atoms. The fraction of sp³-hybridized carbons (Fsp3) is 0.655. The lowest BCUT2D eigenvalue weighted by atomic mass is 9.80. The first-order valence-electron chi connectivity index (χ1n) is 13.3. The fourth-order valence-corrected chi connectivity index (χ4v) is 6.16. The van der Waals surface area contributed by atoms with Gasteiger partial charge in [0.15, 0.2) is 0 Å². The first-order valence-corrected chi connectivity index (χ1v) is 13.7. The number of likely N-dealkylation sites (tertiary alicyclic amines) is 1. The maximum absolute atomic E-state index is 6.13. The van der Waals surface area contributed by atoms with Gasteiger partial charge in [0.05, 0.1) is 0 Å². The van der Waals surface area contributed by atoms with Crippen molar-refractivity contribution >= 4 is 11.6 Å².